The maximum Gasteiger partial charge on any atom is 0.391 e. The molecular formula is C20H23F3N2O. The fourth-order valence-corrected chi connectivity index (χ4v) is 3.26. The van der Waals surface area contributed by atoms with E-state index in [2.05, 4.69) is 0 Å². The fraction of sp³-hybridized carbons (Fsp3) is 0.400. The Balaban J connectivity index is 1.63. The summed E-state index contributed by atoms with van der Waals surface area (Å²) in [5, 5.41) is 0. The molecule has 0 bridgehead atoms. The van der Waals surface area contributed by atoms with Gasteiger partial charge < -0.3 is 10.5 Å². The van der Waals surface area contributed by atoms with Gasteiger partial charge in [-0.2, -0.15) is 13.2 Å². The summed E-state index contributed by atoms with van der Waals surface area (Å²) in [6.07, 6.45) is -3.80. The fourth-order valence-electron chi connectivity index (χ4n) is 3.26. The first-order valence-electron chi connectivity index (χ1n) is 8.76. The molecule has 0 aromatic heterocycles. The van der Waals surface area contributed by atoms with Gasteiger partial charge in [0.25, 0.3) is 0 Å². The number of benzene rings is 2. The molecule has 3 nitrogen and oxygen atoms in total. The van der Waals surface area contributed by atoms with Crippen LogP contribution in [0.15, 0.2) is 48.5 Å². The zero-order valence-electron chi connectivity index (χ0n) is 14.5. The van der Waals surface area contributed by atoms with Crippen LogP contribution in [0.5, 0.6) is 5.75 Å². The summed E-state index contributed by atoms with van der Waals surface area (Å²) in [6, 6.07) is 15.3. The van der Waals surface area contributed by atoms with Gasteiger partial charge in [-0.1, -0.05) is 30.3 Å². The minimum Gasteiger partial charge on any atom is -0.489 e. The maximum atomic E-state index is 12.8. The van der Waals surface area contributed by atoms with Gasteiger partial charge in [0.2, 0.25) is 0 Å². The van der Waals surface area contributed by atoms with Crippen LogP contribution in [0.3, 0.4) is 0 Å². The van der Waals surface area contributed by atoms with E-state index in [0.717, 1.165) is 16.9 Å². The standard InChI is InChI=1S/C20H23F3N2O/c21-20(22,23)17-8-10-25(11-9-17)13-16-12-18(24)6-7-19(16)26-14-15-4-2-1-3-5-15/h1-7,12,17H,8-11,13-14,24H2. The van der Waals surface area contributed by atoms with E-state index < -0.39 is 12.1 Å². The second kappa shape index (κ2) is 7.99. The number of likely N-dealkylation sites (tertiary alicyclic amines) is 1. The Morgan fingerprint density at radius 3 is 2.38 bits per heavy atom. The third-order valence-corrected chi connectivity index (χ3v) is 4.77. The molecule has 0 amide bonds. The Hall–Kier alpha value is -2.21. The van der Waals surface area contributed by atoms with E-state index in [9.17, 15) is 13.2 Å². The average Bonchev–Trinajstić information content (AvgIpc) is 2.62. The van der Waals surface area contributed by atoms with Crippen molar-refractivity contribution in [2.45, 2.75) is 32.2 Å². The number of hydrogen-bond donors (Lipinski definition) is 1. The first kappa shape index (κ1) is 18.6. The lowest BCUT2D eigenvalue weighted by Crippen LogP contribution is -2.38. The summed E-state index contributed by atoms with van der Waals surface area (Å²) in [6.45, 7) is 1.84. The van der Waals surface area contributed by atoms with Crippen LogP contribution in [0, 0.1) is 5.92 Å². The van der Waals surface area contributed by atoms with Gasteiger partial charge in [-0.3, -0.25) is 4.90 Å². The van der Waals surface area contributed by atoms with Crippen molar-refractivity contribution in [3.63, 3.8) is 0 Å². The van der Waals surface area contributed by atoms with Crippen LogP contribution in [-0.2, 0) is 13.2 Å². The van der Waals surface area contributed by atoms with Crippen LogP contribution in [0.1, 0.15) is 24.0 Å². The smallest absolute Gasteiger partial charge is 0.391 e. The molecule has 2 N–H and O–H groups in total. The first-order valence-corrected chi connectivity index (χ1v) is 8.76. The van der Waals surface area contributed by atoms with E-state index in [1.807, 2.05) is 47.4 Å². The normalized spacial score (nSPS) is 16.6. The zero-order chi connectivity index (χ0) is 18.6. The molecular weight excluding hydrogens is 341 g/mol. The number of alkyl halides is 3. The minimum atomic E-state index is -4.09. The maximum absolute atomic E-state index is 12.8. The third-order valence-electron chi connectivity index (χ3n) is 4.77. The topological polar surface area (TPSA) is 38.5 Å². The summed E-state index contributed by atoms with van der Waals surface area (Å²) >= 11 is 0. The lowest BCUT2D eigenvalue weighted by molar-refractivity contribution is -0.185. The highest BCUT2D eigenvalue weighted by molar-refractivity contribution is 5.48. The summed E-state index contributed by atoms with van der Waals surface area (Å²) in [4.78, 5) is 2.03. The molecule has 2 aromatic rings. The second-order valence-corrected chi connectivity index (χ2v) is 6.73. The molecule has 0 atom stereocenters. The third kappa shape index (κ3) is 4.91. The van der Waals surface area contributed by atoms with Crippen molar-refractivity contribution in [1.29, 1.82) is 0 Å². The van der Waals surface area contributed by atoms with Gasteiger partial charge in [-0.05, 0) is 49.7 Å². The second-order valence-electron chi connectivity index (χ2n) is 6.73. The van der Waals surface area contributed by atoms with Crippen molar-refractivity contribution in [2.75, 3.05) is 18.8 Å². The molecule has 0 unspecified atom stereocenters. The largest absolute Gasteiger partial charge is 0.489 e. The molecule has 26 heavy (non-hydrogen) atoms. The van der Waals surface area contributed by atoms with Crippen molar-refractivity contribution in [3.05, 3.63) is 59.7 Å². The Morgan fingerprint density at radius 1 is 1.04 bits per heavy atom. The van der Waals surface area contributed by atoms with Crippen molar-refractivity contribution < 1.29 is 17.9 Å². The van der Waals surface area contributed by atoms with E-state index in [-0.39, 0.29) is 12.8 Å². The molecule has 0 aliphatic carbocycles. The number of nitrogens with two attached hydrogens (primary N) is 1. The molecule has 1 saturated heterocycles. The molecule has 1 fully saturated rings. The highest BCUT2D eigenvalue weighted by Gasteiger charge is 2.41. The summed E-state index contributed by atoms with van der Waals surface area (Å²) in [5.74, 6) is -0.464. The quantitative estimate of drug-likeness (QED) is 0.787. The van der Waals surface area contributed by atoms with Gasteiger partial charge in [0.15, 0.2) is 0 Å². The van der Waals surface area contributed by atoms with E-state index in [1.54, 1.807) is 6.07 Å². The number of piperidine rings is 1. The summed E-state index contributed by atoms with van der Waals surface area (Å²) in [5.41, 5.74) is 8.48. The number of ether oxygens (including phenoxy) is 1. The average molecular weight is 364 g/mol. The van der Waals surface area contributed by atoms with Crippen LogP contribution in [-0.4, -0.2) is 24.2 Å². The van der Waals surface area contributed by atoms with Gasteiger partial charge in [0.05, 0.1) is 5.92 Å². The predicted octanol–water partition coefficient (Wildman–Crippen LogP) is 4.62. The van der Waals surface area contributed by atoms with Crippen LogP contribution >= 0.6 is 0 Å². The predicted molar refractivity (Wildman–Crippen MR) is 95.7 cm³/mol. The molecule has 0 spiro atoms. The van der Waals surface area contributed by atoms with Gasteiger partial charge in [0, 0.05) is 17.8 Å². The highest BCUT2D eigenvalue weighted by Crippen LogP contribution is 2.35. The van der Waals surface area contributed by atoms with Crippen molar-refractivity contribution in [3.8, 4) is 5.75 Å². The Labute approximate surface area is 151 Å². The lowest BCUT2D eigenvalue weighted by atomic mass is 9.96. The van der Waals surface area contributed by atoms with Crippen molar-refractivity contribution in [2.24, 2.45) is 5.92 Å². The van der Waals surface area contributed by atoms with Gasteiger partial charge in [-0.25, -0.2) is 0 Å². The van der Waals surface area contributed by atoms with Crippen LogP contribution in [0.25, 0.3) is 0 Å². The first-order chi connectivity index (χ1) is 12.4. The van der Waals surface area contributed by atoms with E-state index in [0.29, 0.717) is 31.9 Å². The van der Waals surface area contributed by atoms with Gasteiger partial charge >= 0.3 is 6.18 Å². The molecule has 1 aliphatic heterocycles. The molecule has 3 rings (SSSR count). The Morgan fingerprint density at radius 2 is 1.73 bits per heavy atom. The molecule has 1 heterocycles. The molecule has 2 aromatic carbocycles. The monoisotopic (exact) mass is 364 g/mol. The number of hydrogen-bond acceptors (Lipinski definition) is 3. The highest BCUT2D eigenvalue weighted by atomic mass is 19.4. The van der Waals surface area contributed by atoms with Gasteiger partial charge in [-0.15, -0.1) is 0 Å². The number of anilines is 1. The lowest BCUT2D eigenvalue weighted by Gasteiger charge is -2.33. The number of halogens is 3. The van der Waals surface area contributed by atoms with Crippen LogP contribution in [0.4, 0.5) is 18.9 Å². The van der Waals surface area contributed by atoms with Crippen LogP contribution in [0.2, 0.25) is 0 Å². The van der Waals surface area contributed by atoms with E-state index >= 15 is 0 Å². The number of rotatable bonds is 5. The van der Waals surface area contributed by atoms with Crippen molar-refractivity contribution >= 4 is 5.69 Å². The molecule has 140 valence electrons. The Bertz CT molecular complexity index is 711. The summed E-state index contributed by atoms with van der Waals surface area (Å²) < 4.78 is 44.4. The SMILES string of the molecule is Nc1ccc(OCc2ccccc2)c(CN2CCC(C(F)(F)F)CC2)c1. The molecule has 0 saturated carbocycles. The summed E-state index contributed by atoms with van der Waals surface area (Å²) in [7, 11) is 0. The minimum absolute atomic E-state index is 0.145. The molecule has 6 heteroatoms. The van der Waals surface area contributed by atoms with Crippen LogP contribution < -0.4 is 10.5 Å². The molecule has 0 radical (unpaired) electrons. The number of nitrogen functional groups attached to an aromatic ring is 1. The van der Waals surface area contributed by atoms with E-state index in [4.69, 9.17) is 10.5 Å². The van der Waals surface area contributed by atoms with E-state index in [1.165, 1.54) is 0 Å². The Kier molecular flexibility index (Phi) is 5.71. The zero-order valence-corrected chi connectivity index (χ0v) is 14.5. The molecule has 1 aliphatic rings. The van der Waals surface area contributed by atoms with Gasteiger partial charge in [0.1, 0.15) is 12.4 Å². The number of nitrogens with zero attached hydrogens (tertiary/aromatic N) is 1. The van der Waals surface area contributed by atoms with Crippen molar-refractivity contribution in [1.82, 2.24) is 4.90 Å².